The summed E-state index contributed by atoms with van der Waals surface area (Å²) in [5, 5.41) is 10.1. The van der Waals surface area contributed by atoms with E-state index in [-0.39, 0.29) is 0 Å². The first-order chi connectivity index (χ1) is 5.90. The predicted octanol–water partition coefficient (Wildman–Crippen LogP) is -1.05. The molecule has 0 radical (unpaired) electrons. The highest BCUT2D eigenvalue weighted by molar-refractivity contribution is 7.90. The normalized spacial score (nSPS) is 14.0. The van der Waals surface area contributed by atoms with Crippen LogP contribution in [0.1, 0.15) is 13.8 Å². The van der Waals surface area contributed by atoms with Crippen molar-refractivity contribution in [2.45, 2.75) is 19.2 Å². The highest BCUT2D eigenvalue weighted by atomic mass is 32.2. The topological polar surface area (TPSA) is 95.5 Å². The molecule has 0 heterocycles. The number of carboxylic acid groups (broad SMARTS) is 1. The Labute approximate surface area is 77.4 Å². The summed E-state index contributed by atoms with van der Waals surface area (Å²) >= 11 is 0. The van der Waals surface area contributed by atoms with Gasteiger partial charge in [-0.2, -0.15) is 0 Å². The number of sulfonamides is 1. The van der Waals surface area contributed by atoms with E-state index in [1.807, 2.05) is 4.72 Å². The Morgan fingerprint density at radius 1 is 1.54 bits per heavy atom. The number of rotatable bonds is 6. The second kappa shape index (κ2) is 5.15. The van der Waals surface area contributed by atoms with Gasteiger partial charge >= 0.3 is 5.97 Å². The molecule has 78 valence electrons. The molecular weight excluding hydrogens is 196 g/mol. The minimum atomic E-state index is -3.56. The van der Waals surface area contributed by atoms with Crippen LogP contribution in [-0.2, 0) is 14.8 Å². The van der Waals surface area contributed by atoms with Crippen LogP contribution in [0, 0.1) is 0 Å². The zero-order valence-corrected chi connectivity index (χ0v) is 8.39. The van der Waals surface area contributed by atoms with Gasteiger partial charge in [-0.1, -0.05) is 6.92 Å². The number of carbonyl (C=O) groups is 1. The molecule has 0 aromatic rings. The minimum absolute atomic E-state index is 0.509. The average Bonchev–Trinajstić information content (AvgIpc) is 2.01. The number of hydrogen-bond donors (Lipinski definition) is 3. The summed E-state index contributed by atoms with van der Waals surface area (Å²) in [6, 6.07) is 0. The van der Waals surface area contributed by atoms with Crippen LogP contribution < -0.4 is 10.0 Å². The summed E-state index contributed by atoms with van der Waals surface area (Å²) in [4.78, 5) is 10.1. The molecule has 6 nitrogen and oxygen atoms in total. The number of carboxylic acids is 1. The molecule has 0 saturated heterocycles. The fourth-order valence-corrected chi connectivity index (χ4v) is 1.65. The molecule has 0 bridgehead atoms. The van der Waals surface area contributed by atoms with Gasteiger partial charge in [0, 0.05) is 0 Å². The molecule has 1 atom stereocenters. The molecule has 0 fully saturated rings. The Morgan fingerprint density at radius 2 is 2.08 bits per heavy atom. The van der Waals surface area contributed by atoms with Crippen LogP contribution in [0.5, 0.6) is 0 Å². The van der Waals surface area contributed by atoms with Crippen molar-refractivity contribution in [1.82, 2.24) is 10.0 Å². The molecule has 1 unspecified atom stereocenters. The quantitative estimate of drug-likeness (QED) is 0.519. The van der Waals surface area contributed by atoms with Crippen LogP contribution >= 0.6 is 0 Å². The van der Waals surface area contributed by atoms with Crippen molar-refractivity contribution in [3.8, 4) is 0 Å². The van der Waals surface area contributed by atoms with Crippen molar-refractivity contribution in [2.75, 3.05) is 13.1 Å². The lowest BCUT2D eigenvalue weighted by Gasteiger charge is -2.12. The van der Waals surface area contributed by atoms with E-state index >= 15 is 0 Å². The first-order valence-electron chi connectivity index (χ1n) is 3.83. The zero-order chi connectivity index (χ0) is 10.5. The molecule has 0 aromatic heterocycles. The van der Waals surface area contributed by atoms with Gasteiger partial charge in [-0.3, -0.25) is 4.79 Å². The molecule has 7 heteroatoms. The Morgan fingerprint density at radius 3 is 2.46 bits per heavy atom. The largest absolute Gasteiger partial charge is 0.480 e. The molecule has 13 heavy (non-hydrogen) atoms. The highest BCUT2D eigenvalue weighted by Gasteiger charge is 2.19. The Bertz CT molecular complexity index is 262. The lowest BCUT2D eigenvalue weighted by atomic mass is 10.7. The smallest absolute Gasteiger partial charge is 0.318 e. The Balaban J connectivity index is 4.15. The van der Waals surface area contributed by atoms with E-state index in [1.165, 1.54) is 6.92 Å². The summed E-state index contributed by atoms with van der Waals surface area (Å²) in [6.07, 6.45) is 0. The van der Waals surface area contributed by atoms with Crippen molar-refractivity contribution in [3.63, 3.8) is 0 Å². The van der Waals surface area contributed by atoms with E-state index in [1.54, 1.807) is 6.92 Å². The molecule has 0 aliphatic heterocycles. The molecule has 0 rings (SSSR count). The summed E-state index contributed by atoms with van der Waals surface area (Å²) in [6.45, 7) is 3.14. The summed E-state index contributed by atoms with van der Waals surface area (Å²) < 4.78 is 24.3. The van der Waals surface area contributed by atoms with Crippen LogP contribution in [0.2, 0.25) is 0 Å². The van der Waals surface area contributed by atoms with Crippen LogP contribution in [0.15, 0.2) is 0 Å². The molecule has 0 aromatic carbocycles. The standard InChI is InChI=1S/C6H14N2O4S/c1-3-7-5(2)13(11,12)8-4-6(9)10/h5,7-8H,3-4H2,1-2H3,(H,9,10). The maximum atomic E-state index is 11.2. The number of nitrogens with one attached hydrogen (secondary N) is 2. The number of hydrogen-bond acceptors (Lipinski definition) is 4. The van der Waals surface area contributed by atoms with E-state index in [0.717, 1.165) is 0 Å². The first-order valence-corrected chi connectivity index (χ1v) is 5.38. The van der Waals surface area contributed by atoms with Crippen molar-refractivity contribution in [3.05, 3.63) is 0 Å². The SMILES string of the molecule is CCNC(C)S(=O)(=O)NCC(=O)O. The molecule has 0 aliphatic rings. The second-order valence-electron chi connectivity index (χ2n) is 2.46. The van der Waals surface area contributed by atoms with Gasteiger partial charge in [-0.25, -0.2) is 13.1 Å². The predicted molar refractivity (Wildman–Crippen MR) is 47.7 cm³/mol. The molecule has 0 aliphatic carbocycles. The van der Waals surface area contributed by atoms with Crippen LogP contribution in [0.25, 0.3) is 0 Å². The summed E-state index contributed by atoms with van der Waals surface area (Å²) in [7, 11) is -3.56. The third-order valence-corrected chi connectivity index (χ3v) is 3.03. The molecule has 3 N–H and O–H groups in total. The van der Waals surface area contributed by atoms with Gasteiger partial charge in [0.1, 0.15) is 11.9 Å². The average molecular weight is 210 g/mol. The highest BCUT2D eigenvalue weighted by Crippen LogP contribution is 1.92. The maximum Gasteiger partial charge on any atom is 0.318 e. The van der Waals surface area contributed by atoms with Crippen molar-refractivity contribution < 1.29 is 18.3 Å². The minimum Gasteiger partial charge on any atom is -0.480 e. The van der Waals surface area contributed by atoms with Crippen LogP contribution in [0.4, 0.5) is 0 Å². The van der Waals surface area contributed by atoms with Crippen molar-refractivity contribution in [2.24, 2.45) is 0 Å². The van der Waals surface area contributed by atoms with E-state index in [9.17, 15) is 13.2 Å². The Kier molecular flexibility index (Phi) is 4.89. The van der Waals surface area contributed by atoms with Gasteiger partial charge < -0.3 is 10.4 Å². The van der Waals surface area contributed by atoms with E-state index < -0.39 is 27.9 Å². The Hall–Kier alpha value is -0.660. The molecular formula is C6H14N2O4S. The maximum absolute atomic E-state index is 11.2. The van der Waals surface area contributed by atoms with Gasteiger partial charge in [0.2, 0.25) is 10.0 Å². The van der Waals surface area contributed by atoms with Gasteiger partial charge in [-0.05, 0) is 13.5 Å². The van der Waals surface area contributed by atoms with Gasteiger partial charge in [0.05, 0.1) is 0 Å². The summed E-state index contributed by atoms with van der Waals surface area (Å²) in [5.74, 6) is -1.20. The molecule has 0 amide bonds. The lowest BCUT2D eigenvalue weighted by Crippen LogP contribution is -2.43. The van der Waals surface area contributed by atoms with Crippen LogP contribution in [-0.4, -0.2) is 38.0 Å². The second-order valence-corrected chi connectivity index (χ2v) is 4.55. The lowest BCUT2D eigenvalue weighted by molar-refractivity contribution is -0.135. The molecule has 0 saturated carbocycles. The fraction of sp³-hybridized carbons (Fsp3) is 0.833. The van der Waals surface area contributed by atoms with Gasteiger partial charge in [0.25, 0.3) is 0 Å². The van der Waals surface area contributed by atoms with Crippen LogP contribution in [0.3, 0.4) is 0 Å². The van der Waals surface area contributed by atoms with Crippen molar-refractivity contribution >= 4 is 16.0 Å². The van der Waals surface area contributed by atoms with Crippen molar-refractivity contribution in [1.29, 1.82) is 0 Å². The molecule has 0 spiro atoms. The third-order valence-electron chi connectivity index (χ3n) is 1.38. The van der Waals surface area contributed by atoms with Gasteiger partial charge in [0.15, 0.2) is 0 Å². The summed E-state index contributed by atoms with van der Waals surface area (Å²) in [5.41, 5.74) is 0. The van der Waals surface area contributed by atoms with E-state index in [0.29, 0.717) is 6.54 Å². The number of aliphatic carboxylic acids is 1. The monoisotopic (exact) mass is 210 g/mol. The van der Waals surface area contributed by atoms with E-state index in [4.69, 9.17) is 5.11 Å². The third kappa shape index (κ3) is 4.81. The zero-order valence-electron chi connectivity index (χ0n) is 7.57. The fourth-order valence-electron chi connectivity index (χ4n) is 0.684. The van der Waals surface area contributed by atoms with Gasteiger partial charge in [-0.15, -0.1) is 0 Å². The first kappa shape index (κ1) is 12.3. The van der Waals surface area contributed by atoms with E-state index in [2.05, 4.69) is 5.32 Å².